The standard InChI is InChI=1S/C13H17N3O4S/c1-16-12(17)6-11(13(16)18)15-21(19,20)8-10-5-3-2-4-9(10)7-14/h2-5,11,15H,6-8,14H2,1H3. The van der Waals surface area contributed by atoms with Crippen molar-refractivity contribution in [2.24, 2.45) is 5.73 Å². The van der Waals surface area contributed by atoms with Gasteiger partial charge in [-0.1, -0.05) is 24.3 Å². The maximum Gasteiger partial charge on any atom is 0.247 e. The molecule has 0 saturated carbocycles. The van der Waals surface area contributed by atoms with Gasteiger partial charge in [0.15, 0.2) is 0 Å². The van der Waals surface area contributed by atoms with E-state index >= 15 is 0 Å². The van der Waals surface area contributed by atoms with E-state index in [-0.39, 0.29) is 18.7 Å². The summed E-state index contributed by atoms with van der Waals surface area (Å²) < 4.78 is 26.6. The Morgan fingerprint density at radius 2 is 1.90 bits per heavy atom. The van der Waals surface area contributed by atoms with Gasteiger partial charge in [-0.2, -0.15) is 0 Å². The number of rotatable bonds is 5. The minimum Gasteiger partial charge on any atom is -0.326 e. The van der Waals surface area contributed by atoms with Crippen LogP contribution in [0, 0.1) is 0 Å². The molecule has 1 aromatic rings. The van der Waals surface area contributed by atoms with Crippen molar-refractivity contribution in [2.75, 3.05) is 7.05 Å². The molecule has 0 aliphatic carbocycles. The van der Waals surface area contributed by atoms with Gasteiger partial charge in [0, 0.05) is 13.6 Å². The Kier molecular flexibility index (Phi) is 4.40. The molecule has 0 radical (unpaired) electrons. The van der Waals surface area contributed by atoms with E-state index < -0.39 is 27.9 Å². The molecular formula is C13H17N3O4S. The van der Waals surface area contributed by atoms with Crippen molar-refractivity contribution in [1.29, 1.82) is 0 Å². The minimum atomic E-state index is -3.74. The second-order valence-electron chi connectivity index (χ2n) is 4.90. The van der Waals surface area contributed by atoms with E-state index in [0.717, 1.165) is 10.5 Å². The molecular weight excluding hydrogens is 294 g/mol. The molecule has 1 unspecified atom stereocenters. The molecule has 114 valence electrons. The number of amides is 2. The smallest absolute Gasteiger partial charge is 0.247 e. The Labute approximate surface area is 123 Å². The number of nitrogens with two attached hydrogens (primary N) is 1. The molecule has 0 bridgehead atoms. The van der Waals surface area contributed by atoms with Gasteiger partial charge >= 0.3 is 0 Å². The summed E-state index contributed by atoms with van der Waals surface area (Å²) in [7, 11) is -2.40. The van der Waals surface area contributed by atoms with Crippen LogP contribution >= 0.6 is 0 Å². The van der Waals surface area contributed by atoms with Gasteiger partial charge in [-0.15, -0.1) is 0 Å². The van der Waals surface area contributed by atoms with Gasteiger partial charge in [-0.3, -0.25) is 14.5 Å². The Balaban J connectivity index is 2.13. The van der Waals surface area contributed by atoms with Crippen LogP contribution in [0.5, 0.6) is 0 Å². The van der Waals surface area contributed by atoms with E-state index in [1.807, 2.05) is 0 Å². The van der Waals surface area contributed by atoms with E-state index in [1.54, 1.807) is 24.3 Å². The topological polar surface area (TPSA) is 110 Å². The summed E-state index contributed by atoms with van der Waals surface area (Å²) in [4.78, 5) is 24.1. The Morgan fingerprint density at radius 1 is 1.29 bits per heavy atom. The minimum absolute atomic E-state index is 0.146. The van der Waals surface area contributed by atoms with Gasteiger partial charge in [-0.25, -0.2) is 13.1 Å². The van der Waals surface area contributed by atoms with Crippen molar-refractivity contribution in [3.63, 3.8) is 0 Å². The van der Waals surface area contributed by atoms with Crippen LogP contribution in [0.15, 0.2) is 24.3 Å². The molecule has 1 fully saturated rings. The third kappa shape index (κ3) is 3.46. The number of carbonyl (C=O) groups is 2. The van der Waals surface area contributed by atoms with Crippen LogP contribution in [0.25, 0.3) is 0 Å². The van der Waals surface area contributed by atoms with E-state index in [0.29, 0.717) is 5.56 Å². The quantitative estimate of drug-likeness (QED) is 0.700. The predicted octanol–water partition coefficient (Wildman–Crippen LogP) is -0.678. The van der Waals surface area contributed by atoms with E-state index in [1.165, 1.54) is 7.05 Å². The summed E-state index contributed by atoms with van der Waals surface area (Å²) in [6.45, 7) is 0.231. The fraction of sp³-hybridized carbons (Fsp3) is 0.385. The van der Waals surface area contributed by atoms with Crippen LogP contribution < -0.4 is 10.5 Å². The fourth-order valence-electron chi connectivity index (χ4n) is 2.21. The molecule has 1 saturated heterocycles. The molecule has 1 aromatic carbocycles. The molecule has 21 heavy (non-hydrogen) atoms. The van der Waals surface area contributed by atoms with Gasteiger partial charge in [0.05, 0.1) is 12.2 Å². The first kappa shape index (κ1) is 15.6. The summed E-state index contributed by atoms with van der Waals surface area (Å²) in [5.41, 5.74) is 6.88. The third-order valence-corrected chi connectivity index (χ3v) is 4.72. The summed E-state index contributed by atoms with van der Waals surface area (Å²) in [5, 5.41) is 0. The zero-order valence-electron chi connectivity index (χ0n) is 11.6. The molecule has 0 aromatic heterocycles. The van der Waals surface area contributed by atoms with Crippen LogP contribution in [0.1, 0.15) is 17.5 Å². The molecule has 1 aliphatic rings. The molecule has 1 aliphatic heterocycles. The zero-order chi connectivity index (χ0) is 15.6. The second kappa shape index (κ2) is 5.92. The number of carbonyl (C=O) groups excluding carboxylic acids is 2. The average molecular weight is 311 g/mol. The highest BCUT2D eigenvalue weighted by Gasteiger charge is 2.38. The van der Waals surface area contributed by atoms with E-state index in [2.05, 4.69) is 4.72 Å². The second-order valence-corrected chi connectivity index (χ2v) is 6.65. The number of hydrogen-bond donors (Lipinski definition) is 2. The number of benzene rings is 1. The Hall–Kier alpha value is -1.77. The van der Waals surface area contributed by atoms with Crippen LogP contribution in [0.3, 0.4) is 0 Å². The first-order valence-corrected chi connectivity index (χ1v) is 8.06. The first-order chi connectivity index (χ1) is 9.84. The largest absolute Gasteiger partial charge is 0.326 e. The molecule has 8 heteroatoms. The average Bonchev–Trinajstić information content (AvgIpc) is 2.66. The van der Waals surface area contributed by atoms with Crippen molar-refractivity contribution >= 4 is 21.8 Å². The van der Waals surface area contributed by atoms with E-state index in [4.69, 9.17) is 5.73 Å². The number of hydrogen-bond acceptors (Lipinski definition) is 5. The Morgan fingerprint density at radius 3 is 2.43 bits per heavy atom. The number of nitrogens with one attached hydrogen (secondary N) is 1. The number of likely N-dealkylation sites (N-methyl/N-ethyl adjacent to an activating group) is 1. The number of sulfonamides is 1. The molecule has 0 spiro atoms. The molecule has 1 heterocycles. The molecule has 3 N–H and O–H groups in total. The summed E-state index contributed by atoms with van der Waals surface area (Å²) in [6, 6.07) is 5.91. The maximum atomic E-state index is 12.1. The maximum absolute atomic E-state index is 12.1. The van der Waals surface area contributed by atoms with Crippen molar-refractivity contribution in [3.05, 3.63) is 35.4 Å². The van der Waals surface area contributed by atoms with Crippen molar-refractivity contribution < 1.29 is 18.0 Å². The lowest BCUT2D eigenvalue weighted by molar-refractivity contribution is -0.137. The normalized spacial score (nSPS) is 19.3. The highest BCUT2D eigenvalue weighted by atomic mass is 32.2. The third-order valence-electron chi connectivity index (χ3n) is 3.39. The predicted molar refractivity (Wildman–Crippen MR) is 76.3 cm³/mol. The van der Waals surface area contributed by atoms with Crippen LogP contribution in [-0.4, -0.2) is 38.2 Å². The lowest BCUT2D eigenvalue weighted by Gasteiger charge is -2.13. The van der Waals surface area contributed by atoms with Crippen LogP contribution in [0.2, 0.25) is 0 Å². The van der Waals surface area contributed by atoms with Crippen LogP contribution in [-0.2, 0) is 31.9 Å². The summed E-state index contributed by atoms with van der Waals surface area (Å²) >= 11 is 0. The number of nitrogens with zero attached hydrogens (tertiary/aromatic N) is 1. The Bertz CT molecular complexity index is 672. The first-order valence-electron chi connectivity index (χ1n) is 6.41. The number of likely N-dealkylation sites (tertiary alicyclic amines) is 1. The zero-order valence-corrected chi connectivity index (χ0v) is 12.4. The van der Waals surface area contributed by atoms with Crippen molar-refractivity contribution in [2.45, 2.75) is 24.8 Å². The SMILES string of the molecule is CN1C(=O)CC(NS(=O)(=O)Cc2ccccc2CN)C1=O. The summed E-state index contributed by atoms with van der Waals surface area (Å²) in [5.74, 6) is -1.20. The lowest BCUT2D eigenvalue weighted by Crippen LogP contribution is -2.41. The molecule has 7 nitrogen and oxygen atoms in total. The monoisotopic (exact) mass is 311 g/mol. The highest BCUT2D eigenvalue weighted by molar-refractivity contribution is 7.88. The molecule has 1 atom stereocenters. The van der Waals surface area contributed by atoms with Crippen molar-refractivity contribution in [3.8, 4) is 0 Å². The number of imide groups is 1. The van der Waals surface area contributed by atoms with Crippen molar-refractivity contribution in [1.82, 2.24) is 9.62 Å². The molecule has 2 rings (SSSR count). The molecule has 2 amide bonds. The summed E-state index contributed by atoms with van der Waals surface area (Å²) in [6.07, 6.45) is -0.146. The van der Waals surface area contributed by atoms with Gasteiger partial charge in [0.25, 0.3) is 0 Å². The van der Waals surface area contributed by atoms with Gasteiger partial charge in [-0.05, 0) is 11.1 Å². The van der Waals surface area contributed by atoms with Gasteiger partial charge in [0.2, 0.25) is 21.8 Å². The van der Waals surface area contributed by atoms with E-state index in [9.17, 15) is 18.0 Å². The fourth-order valence-corrected chi connectivity index (χ4v) is 3.60. The highest BCUT2D eigenvalue weighted by Crippen LogP contribution is 2.15. The van der Waals surface area contributed by atoms with Crippen LogP contribution in [0.4, 0.5) is 0 Å². The lowest BCUT2D eigenvalue weighted by atomic mass is 10.1. The van der Waals surface area contributed by atoms with Gasteiger partial charge < -0.3 is 5.73 Å². The van der Waals surface area contributed by atoms with Gasteiger partial charge in [0.1, 0.15) is 6.04 Å².